The minimum Gasteiger partial charge on any atom is -0.480 e. The van der Waals surface area contributed by atoms with E-state index in [2.05, 4.69) is 5.32 Å². The zero-order valence-electron chi connectivity index (χ0n) is 9.14. The maximum Gasteiger partial charge on any atom is 0.316 e. The highest BCUT2D eigenvalue weighted by Gasteiger charge is 2.13. The average Bonchev–Trinajstić information content (AvgIpc) is 2.29. The van der Waals surface area contributed by atoms with Gasteiger partial charge in [0.2, 0.25) is 5.91 Å². The van der Waals surface area contributed by atoms with Gasteiger partial charge in [0.25, 0.3) is 0 Å². The molecule has 1 unspecified atom stereocenters. The van der Waals surface area contributed by atoms with Crippen LogP contribution in [0.3, 0.4) is 0 Å². The number of rotatable bonds is 5. The summed E-state index contributed by atoms with van der Waals surface area (Å²) in [6.45, 7) is 1.54. The van der Waals surface area contributed by atoms with Crippen molar-refractivity contribution in [3.05, 3.63) is 29.3 Å². The Morgan fingerprint density at radius 2 is 2.12 bits per heavy atom. The van der Waals surface area contributed by atoms with Gasteiger partial charge in [-0.1, -0.05) is 23.7 Å². The minimum absolute atomic E-state index is 0.0820. The lowest BCUT2D eigenvalue weighted by Crippen LogP contribution is -2.19. The lowest BCUT2D eigenvalue weighted by atomic mass is 10.3. The zero-order valence-corrected chi connectivity index (χ0v) is 10.7. The molecule has 1 aromatic carbocycles. The van der Waals surface area contributed by atoms with Gasteiger partial charge >= 0.3 is 5.97 Å². The van der Waals surface area contributed by atoms with E-state index in [1.165, 1.54) is 6.92 Å². The Hall–Kier alpha value is -1.20. The number of nitrogens with one attached hydrogen (secondary N) is 1. The van der Waals surface area contributed by atoms with Crippen LogP contribution >= 0.6 is 23.4 Å². The number of hydrogen-bond donors (Lipinski definition) is 2. The number of halogens is 1. The van der Waals surface area contributed by atoms with Gasteiger partial charge in [-0.3, -0.25) is 9.59 Å². The second-order valence-electron chi connectivity index (χ2n) is 3.32. The van der Waals surface area contributed by atoms with Crippen molar-refractivity contribution in [2.45, 2.75) is 12.2 Å². The molecule has 0 radical (unpaired) electrons. The van der Waals surface area contributed by atoms with E-state index in [9.17, 15) is 9.59 Å². The van der Waals surface area contributed by atoms with Gasteiger partial charge in [0.05, 0.1) is 21.7 Å². The molecule has 0 aliphatic rings. The summed E-state index contributed by atoms with van der Waals surface area (Å²) in [4.78, 5) is 22.1. The van der Waals surface area contributed by atoms with Crippen molar-refractivity contribution >= 4 is 40.9 Å². The largest absolute Gasteiger partial charge is 0.480 e. The first kappa shape index (κ1) is 13.9. The molecule has 1 amide bonds. The van der Waals surface area contributed by atoms with E-state index in [1.807, 2.05) is 0 Å². The third-order valence-corrected chi connectivity index (χ3v) is 3.42. The van der Waals surface area contributed by atoms with Crippen molar-refractivity contribution in [2.75, 3.05) is 11.1 Å². The first-order valence-electron chi connectivity index (χ1n) is 4.89. The molecule has 0 fully saturated rings. The van der Waals surface area contributed by atoms with Crippen LogP contribution in [0, 0.1) is 0 Å². The number of para-hydroxylation sites is 1. The van der Waals surface area contributed by atoms with Crippen molar-refractivity contribution in [3.63, 3.8) is 0 Å². The van der Waals surface area contributed by atoms with Crippen molar-refractivity contribution < 1.29 is 14.7 Å². The lowest BCUT2D eigenvalue weighted by Gasteiger charge is -2.08. The molecule has 1 atom stereocenters. The number of benzene rings is 1. The number of aliphatic carboxylic acids is 1. The smallest absolute Gasteiger partial charge is 0.316 e. The summed E-state index contributed by atoms with van der Waals surface area (Å²) < 4.78 is 0. The quantitative estimate of drug-likeness (QED) is 0.865. The second kappa shape index (κ2) is 6.51. The van der Waals surface area contributed by atoms with Crippen LogP contribution < -0.4 is 5.32 Å². The van der Waals surface area contributed by atoms with Crippen LogP contribution in [0.2, 0.25) is 5.02 Å². The van der Waals surface area contributed by atoms with Crippen LogP contribution in [-0.4, -0.2) is 28.0 Å². The third-order valence-electron chi connectivity index (χ3n) is 1.96. The Labute approximate surface area is 108 Å². The number of anilines is 1. The van der Waals surface area contributed by atoms with E-state index < -0.39 is 11.2 Å². The highest BCUT2D eigenvalue weighted by molar-refractivity contribution is 8.01. The van der Waals surface area contributed by atoms with Crippen LogP contribution in [0.4, 0.5) is 5.69 Å². The molecule has 6 heteroatoms. The van der Waals surface area contributed by atoms with Gasteiger partial charge in [0.15, 0.2) is 0 Å². The fourth-order valence-corrected chi connectivity index (χ4v) is 1.82. The SMILES string of the molecule is CC(SCC(=O)Nc1ccccc1Cl)C(=O)O. The van der Waals surface area contributed by atoms with Gasteiger partial charge < -0.3 is 10.4 Å². The number of carboxylic acids is 1. The molecule has 0 aliphatic heterocycles. The Kier molecular flexibility index (Phi) is 5.31. The summed E-state index contributed by atoms with van der Waals surface area (Å²) in [7, 11) is 0. The predicted octanol–water partition coefficient (Wildman–Crippen LogP) is 2.48. The third kappa shape index (κ3) is 4.66. The van der Waals surface area contributed by atoms with Gasteiger partial charge in [-0.15, -0.1) is 11.8 Å². The number of thioether (sulfide) groups is 1. The summed E-state index contributed by atoms with van der Waals surface area (Å²) in [6, 6.07) is 6.88. The van der Waals surface area contributed by atoms with E-state index >= 15 is 0 Å². The van der Waals surface area contributed by atoms with E-state index in [1.54, 1.807) is 24.3 Å². The van der Waals surface area contributed by atoms with Gasteiger partial charge in [0.1, 0.15) is 0 Å². The first-order chi connectivity index (χ1) is 8.00. The molecule has 0 bridgehead atoms. The van der Waals surface area contributed by atoms with Crippen molar-refractivity contribution in [3.8, 4) is 0 Å². The minimum atomic E-state index is -0.930. The van der Waals surface area contributed by atoms with Crippen LogP contribution in [0.15, 0.2) is 24.3 Å². The average molecular weight is 274 g/mol. The standard InChI is InChI=1S/C11H12ClNO3S/c1-7(11(15)16)17-6-10(14)13-9-5-3-2-4-8(9)12/h2-5,7H,6H2,1H3,(H,13,14)(H,15,16). The van der Waals surface area contributed by atoms with Gasteiger partial charge in [0, 0.05) is 0 Å². The van der Waals surface area contributed by atoms with Crippen molar-refractivity contribution in [1.82, 2.24) is 0 Å². The number of carbonyl (C=O) groups is 2. The van der Waals surface area contributed by atoms with Crippen molar-refractivity contribution in [2.24, 2.45) is 0 Å². The Bertz CT molecular complexity index is 425. The summed E-state index contributed by atoms with van der Waals surface area (Å²) in [5, 5.41) is 11.1. The van der Waals surface area contributed by atoms with Crippen LogP contribution in [0.25, 0.3) is 0 Å². The molecule has 0 aromatic heterocycles. The van der Waals surface area contributed by atoms with Crippen molar-refractivity contribution in [1.29, 1.82) is 0 Å². The molecular formula is C11H12ClNO3S. The first-order valence-corrected chi connectivity index (χ1v) is 6.32. The molecule has 0 saturated heterocycles. The number of carbonyl (C=O) groups excluding carboxylic acids is 1. The van der Waals surface area contributed by atoms with E-state index in [4.69, 9.17) is 16.7 Å². The monoisotopic (exact) mass is 273 g/mol. The van der Waals surface area contributed by atoms with Gasteiger partial charge in [-0.25, -0.2) is 0 Å². The fraction of sp³-hybridized carbons (Fsp3) is 0.273. The molecule has 92 valence electrons. The Balaban J connectivity index is 2.46. The molecule has 0 heterocycles. The Morgan fingerprint density at radius 1 is 1.47 bits per heavy atom. The molecule has 4 nitrogen and oxygen atoms in total. The Morgan fingerprint density at radius 3 is 2.71 bits per heavy atom. The maximum absolute atomic E-state index is 11.5. The number of amides is 1. The normalized spacial score (nSPS) is 11.9. The lowest BCUT2D eigenvalue weighted by molar-refractivity contribution is -0.136. The van der Waals surface area contributed by atoms with Crippen LogP contribution in [0.5, 0.6) is 0 Å². The molecule has 0 spiro atoms. The van der Waals surface area contributed by atoms with Gasteiger partial charge in [-0.05, 0) is 19.1 Å². The maximum atomic E-state index is 11.5. The summed E-state index contributed by atoms with van der Waals surface area (Å²) in [5.74, 6) is -1.12. The summed E-state index contributed by atoms with van der Waals surface area (Å²) in [6.07, 6.45) is 0. The summed E-state index contributed by atoms with van der Waals surface area (Å²) >= 11 is 6.93. The fourth-order valence-electron chi connectivity index (χ4n) is 1.02. The van der Waals surface area contributed by atoms with Crippen LogP contribution in [0.1, 0.15) is 6.92 Å². The molecule has 17 heavy (non-hydrogen) atoms. The summed E-state index contributed by atoms with van der Waals surface area (Å²) in [5.41, 5.74) is 0.530. The molecular weight excluding hydrogens is 262 g/mol. The molecule has 0 saturated carbocycles. The second-order valence-corrected chi connectivity index (χ2v) is 5.06. The molecule has 1 aromatic rings. The van der Waals surface area contributed by atoms with Gasteiger partial charge in [-0.2, -0.15) is 0 Å². The van der Waals surface area contributed by atoms with E-state index in [0.717, 1.165) is 11.8 Å². The van der Waals surface area contributed by atoms with E-state index in [-0.39, 0.29) is 11.7 Å². The van der Waals surface area contributed by atoms with E-state index in [0.29, 0.717) is 10.7 Å². The molecule has 2 N–H and O–H groups in total. The molecule has 0 aliphatic carbocycles. The topological polar surface area (TPSA) is 66.4 Å². The van der Waals surface area contributed by atoms with Crippen LogP contribution in [-0.2, 0) is 9.59 Å². The zero-order chi connectivity index (χ0) is 12.8. The highest BCUT2D eigenvalue weighted by Crippen LogP contribution is 2.21. The number of hydrogen-bond acceptors (Lipinski definition) is 3. The number of carboxylic acid groups (broad SMARTS) is 1. The highest BCUT2D eigenvalue weighted by atomic mass is 35.5. The molecule has 1 rings (SSSR count). The predicted molar refractivity (Wildman–Crippen MR) is 69.6 cm³/mol.